The van der Waals surface area contributed by atoms with Gasteiger partial charge in [0.1, 0.15) is 0 Å². The van der Waals surface area contributed by atoms with Crippen molar-refractivity contribution in [2.45, 2.75) is 19.3 Å². The number of rotatable bonds is 5. The van der Waals surface area contributed by atoms with E-state index in [1.807, 2.05) is 0 Å². The third-order valence-electron chi connectivity index (χ3n) is 3.79. The topological polar surface area (TPSA) is 0 Å². The minimum absolute atomic E-state index is 1.01. The first kappa shape index (κ1) is 13.6. The molecule has 0 amide bonds. The molecule has 3 rings (SSSR count). The Balaban J connectivity index is 1.66. The van der Waals surface area contributed by atoms with E-state index in [4.69, 9.17) is 0 Å². The first-order valence-corrected chi connectivity index (χ1v) is 7.56. The largest absolute Gasteiger partial charge is 0.0622 e. The molecule has 0 saturated heterocycles. The molecule has 104 valence electrons. The fourth-order valence-corrected chi connectivity index (χ4v) is 2.66. The maximum Gasteiger partial charge on any atom is -0.00257 e. The van der Waals surface area contributed by atoms with Crippen LogP contribution >= 0.6 is 0 Å². The van der Waals surface area contributed by atoms with E-state index in [1.165, 1.54) is 22.3 Å². The molecule has 0 aliphatic rings. The molecule has 0 saturated carbocycles. The number of hydrogen-bond acceptors (Lipinski definition) is 0. The highest BCUT2D eigenvalue weighted by molar-refractivity contribution is 5.30. The van der Waals surface area contributed by atoms with Gasteiger partial charge < -0.3 is 0 Å². The Morgan fingerprint density at radius 1 is 0.429 bits per heavy atom. The molecule has 0 fully saturated rings. The molecule has 0 aromatic heterocycles. The number of hydrogen-bond donors (Lipinski definition) is 0. The summed E-state index contributed by atoms with van der Waals surface area (Å²) in [6.45, 7) is 0. The Bertz CT molecular complexity index is 669. The second-order valence-electron chi connectivity index (χ2n) is 5.47. The summed E-state index contributed by atoms with van der Waals surface area (Å²) >= 11 is 0. The summed E-state index contributed by atoms with van der Waals surface area (Å²) < 4.78 is 0. The van der Waals surface area contributed by atoms with Crippen molar-refractivity contribution in [3.05, 3.63) is 107 Å². The molecule has 21 heavy (non-hydrogen) atoms. The molecule has 0 heterocycles. The van der Waals surface area contributed by atoms with E-state index >= 15 is 0 Å². The molecule has 0 bridgehead atoms. The van der Waals surface area contributed by atoms with Gasteiger partial charge in [0.15, 0.2) is 0 Å². The minimum Gasteiger partial charge on any atom is -0.0622 e. The molecule has 0 aliphatic heterocycles. The molecule has 3 aromatic rings. The van der Waals surface area contributed by atoms with Crippen molar-refractivity contribution < 1.29 is 0 Å². The Morgan fingerprint density at radius 3 is 1.67 bits per heavy atom. The van der Waals surface area contributed by atoms with E-state index in [1.54, 1.807) is 0 Å². The predicted octanol–water partition coefficient (Wildman–Crippen LogP) is 5.06. The first-order valence-electron chi connectivity index (χ1n) is 7.56. The highest BCUT2D eigenvalue weighted by Gasteiger charge is 1.99. The molecule has 0 radical (unpaired) electrons. The molecule has 0 aliphatic carbocycles. The molecular weight excluding hydrogens is 252 g/mol. The molecule has 0 unspecified atom stereocenters. The van der Waals surface area contributed by atoms with Gasteiger partial charge in [-0.2, -0.15) is 0 Å². The molecule has 3 aromatic carbocycles. The van der Waals surface area contributed by atoms with Gasteiger partial charge in [0, 0.05) is 0 Å². The Labute approximate surface area is 127 Å². The van der Waals surface area contributed by atoms with Crippen LogP contribution in [0.3, 0.4) is 0 Å². The van der Waals surface area contributed by atoms with Crippen LogP contribution < -0.4 is 0 Å². The van der Waals surface area contributed by atoms with Crippen LogP contribution in [0.25, 0.3) is 0 Å². The quantitative estimate of drug-likeness (QED) is 0.609. The molecule has 0 atom stereocenters. The minimum atomic E-state index is 1.01. The lowest BCUT2D eigenvalue weighted by Gasteiger charge is -2.06. The monoisotopic (exact) mass is 272 g/mol. The van der Waals surface area contributed by atoms with E-state index in [0.717, 1.165) is 19.3 Å². The predicted molar refractivity (Wildman–Crippen MR) is 89.5 cm³/mol. The third kappa shape index (κ3) is 4.06. The molecular formula is C21H20. The summed E-state index contributed by atoms with van der Waals surface area (Å²) in [5.74, 6) is 0. The van der Waals surface area contributed by atoms with Crippen molar-refractivity contribution >= 4 is 0 Å². The second kappa shape index (κ2) is 6.90. The van der Waals surface area contributed by atoms with Gasteiger partial charge in [-0.3, -0.25) is 0 Å². The highest BCUT2D eigenvalue weighted by atomic mass is 14.0. The average molecular weight is 272 g/mol. The molecule has 0 N–H and O–H groups in total. The highest BCUT2D eigenvalue weighted by Crippen LogP contribution is 2.13. The van der Waals surface area contributed by atoms with Crippen LogP contribution in [0.4, 0.5) is 0 Å². The van der Waals surface area contributed by atoms with Gasteiger partial charge in [-0.25, -0.2) is 0 Å². The van der Waals surface area contributed by atoms with Crippen LogP contribution in [0.2, 0.25) is 0 Å². The van der Waals surface area contributed by atoms with Crippen LogP contribution in [0.15, 0.2) is 84.9 Å². The van der Waals surface area contributed by atoms with Crippen molar-refractivity contribution in [1.29, 1.82) is 0 Å². The number of aryl methyl sites for hydroxylation is 2. The lowest BCUT2D eigenvalue weighted by molar-refractivity contribution is 0.955. The van der Waals surface area contributed by atoms with Crippen LogP contribution in [0.1, 0.15) is 22.3 Å². The summed E-state index contributed by atoms with van der Waals surface area (Å²) in [7, 11) is 0. The summed E-state index contributed by atoms with van der Waals surface area (Å²) in [4.78, 5) is 0. The zero-order chi connectivity index (χ0) is 14.3. The summed E-state index contributed by atoms with van der Waals surface area (Å²) in [5.41, 5.74) is 5.60. The summed E-state index contributed by atoms with van der Waals surface area (Å²) in [6.07, 6.45) is 3.22. The maximum absolute atomic E-state index is 2.34. The van der Waals surface area contributed by atoms with Crippen molar-refractivity contribution in [3.63, 3.8) is 0 Å². The van der Waals surface area contributed by atoms with Crippen molar-refractivity contribution in [2.24, 2.45) is 0 Å². The van der Waals surface area contributed by atoms with Crippen LogP contribution in [-0.2, 0) is 19.3 Å². The molecule has 0 heteroatoms. The van der Waals surface area contributed by atoms with E-state index in [-0.39, 0.29) is 0 Å². The number of benzene rings is 3. The fourth-order valence-electron chi connectivity index (χ4n) is 2.66. The van der Waals surface area contributed by atoms with Gasteiger partial charge in [0.2, 0.25) is 0 Å². The van der Waals surface area contributed by atoms with Crippen LogP contribution in [0.5, 0.6) is 0 Å². The smallest absolute Gasteiger partial charge is 0.00257 e. The van der Waals surface area contributed by atoms with Crippen molar-refractivity contribution in [3.8, 4) is 0 Å². The van der Waals surface area contributed by atoms with Gasteiger partial charge >= 0.3 is 0 Å². The summed E-state index contributed by atoms with van der Waals surface area (Å²) in [5, 5.41) is 0. The van der Waals surface area contributed by atoms with E-state index in [2.05, 4.69) is 84.9 Å². The molecule has 0 spiro atoms. The second-order valence-corrected chi connectivity index (χ2v) is 5.47. The Kier molecular flexibility index (Phi) is 4.48. The molecule has 0 nitrogen and oxygen atoms in total. The third-order valence-corrected chi connectivity index (χ3v) is 3.79. The van der Waals surface area contributed by atoms with E-state index in [0.29, 0.717) is 0 Å². The van der Waals surface area contributed by atoms with E-state index in [9.17, 15) is 0 Å². The van der Waals surface area contributed by atoms with E-state index < -0.39 is 0 Å². The van der Waals surface area contributed by atoms with Gasteiger partial charge in [-0.1, -0.05) is 84.9 Å². The maximum atomic E-state index is 2.34. The Morgan fingerprint density at radius 2 is 0.952 bits per heavy atom. The SMILES string of the molecule is c1ccc(CCc2cccc(Cc3ccccc3)c2)cc1. The van der Waals surface area contributed by atoms with Crippen molar-refractivity contribution in [2.75, 3.05) is 0 Å². The standard InChI is InChI=1S/C21H20/c1-3-8-18(9-4-1)14-15-20-12-7-13-21(17-20)16-19-10-5-2-6-11-19/h1-13,17H,14-16H2. The van der Waals surface area contributed by atoms with Gasteiger partial charge in [0.25, 0.3) is 0 Å². The zero-order valence-electron chi connectivity index (χ0n) is 12.2. The van der Waals surface area contributed by atoms with Gasteiger partial charge in [-0.05, 0) is 41.5 Å². The van der Waals surface area contributed by atoms with Crippen LogP contribution in [0, 0.1) is 0 Å². The van der Waals surface area contributed by atoms with Gasteiger partial charge in [-0.15, -0.1) is 0 Å². The van der Waals surface area contributed by atoms with Crippen molar-refractivity contribution in [1.82, 2.24) is 0 Å². The first-order chi connectivity index (χ1) is 10.4. The fraction of sp³-hybridized carbons (Fsp3) is 0.143. The summed E-state index contributed by atoms with van der Waals surface area (Å²) in [6, 6.07) is 30.3. The zero-order valence-corrected chi connectivity index (χ0v) is 12.2. The normalized spacial score (nSPS) is 10.5. The Hall–Kier alpha value is -2.34. The van der Waals surface area contributed by atoms with Crippen LogP contribution in [-0.4, -0.2) is 0 Å². The lowest BCUT2D eigenvalue weighted by Crippen LogP contribution is -1.94. The van der Waals surface area contributed by atoms with Gasteiger partial charge in [0.05, 0.1) is 0 Å². The lowest BCUT2D eigenvalue weighted by atomic mass is 9.99. The average Bonchev–Trinajstić information content (AvgIpc) is 2.55.